The number of nitrogens with zero attached hydrogens (tertiary/aromatic N) is 2. The van der Waals surface area contributed by atoms with Gasteiger partial charge >= 0.3 is 0 Å². The SMILES string of the molecule is Cn1cc(-c2cccc(F)c2O)c2cc(Br)cnc21. The summed E-state index contributed by atoms with van der Waals surface area (Å²) in [4.78, 5) is 4.32. The van der Waals surface area contributed by atoms with Crippen LogP contribution < -0.4 is 0 Å². The van der Waals surface area contributed by atoms with E-state index >= 15 is 0 Å². The quantitative estimate of drug-likeness (QED) is 0.739. The van der Waals surface area contributed by atoms with E-state index in [1.54, 1.807) is 18.3 Å². The predicted octanol–water partition coefficient (Wildman–Crippen LogP) is 3.85. The van der Waals surface area contributed by atoms with Gasteiger partial charge in [0.1, 0.15) is 5.65 Å². The Kier molecular flexibility index (Phi) is 2.78. The summed E-state index contributed by atoms with van der Waals surface area (Å²) < 4.78 is 16.2. The predicted molar refractivity (Wildman–Crippen MR) is 75.5 cm³/mol. The van der Waals surface area contributed by atoms with E-state index in [4.69, 9.17) is 0 Å². The molecule has 0 amide bonds. The van der Waals surface area contributed by atoms with Gasteiger partial charge in [0.05, 0.1) is 0 Å². The summed E-state index contributed by atoms with van der Waals surface area (Å²) in [5.74, 6) is -0.965. The topological polar surface area (TPSA) is 38.0 Å². The molecule has 0 atom stereocenters. The van der Waals surface area contributed by atoms with E-state index in [2.05, 4.69) is 20.9 Å². The lowest BCUT2D eigenvalue weighted by Crippen LogP contribution is -1.86. The van der Waals surface area contributed by atoms with Crippen LogP contribution in [0.1, 0.15) is 0 Å². The van der Waals surface area contributed by atoms with Crippen molar-refractivity contribution >= 4 is 27.0 Å². The highest BCUT2D eigenvalue weighted by atomic mass is 79.9. The lowest BCUT2D eigenvalue weighted by atomic mass is 10.0. The third-order valence-electron chi connectivity index (χ3n) is 3.06. The summed E-state index contributed by atoms with van der Waals surface area (Å²) in [5.41, 5.74) is 2.00. The lowest BCUT2D eigenvalue weighted by molar-refractivity contribution is 0.434. The zero-order chi connectivity index (χ0) is 13.6. The van der Waals surface area contributed by atoms with Crippen LogP contribution in [0, 0.1) is 5.82 Å². The van der Waals surface area contributed by atoms with E-state index in [1.165, 1.54) is 6.07 Å². The van der Waals surface area contributed by atoms with Gasteiger partial charge in [0.15, 0.2) is 11.6 Å². The van der Waals surface area contributed by atoms with Crippen LogP contribution in [-0.4, -0.2) is 14.7 Å². The molecule has 1 N–H and O–H groups in total. The monoisotopic (exact) mass is 320 g/mol. The van der Waals surface area contributed by atoms with Gasteiger partial charge in [-0.15, -0.1) is 0 Å². The van der Waals surface area contributed by atoms with E-state index in [9.17, 15) is 9.50 Å². The lowest BCUT2D eigenvalue weighted by Gasteiger charge is -2.03. The summed E-state index contributed by atoms with van der Waals surface area (Å²) in [5, 5.41) is 10.7. The van der Waals surface area contributed by atoms with Crippen molar-refractivity contribution in [3.8, 4) is 16.9 Å². The van der Waals surface area contributed by atoms with Crippen molar-refractivity contribution in [3.05, 3.63) is 46.9 Å². The Bertz CT molecular complexity index is 782. The molecule has 2 heterocycles. The van der Waals surface area contributed by atoms with Crippen molar-refractivity contribution in [2.75, 3.05) is 0 Å². The Morgan fingerprint density at radius 1 is 1.32 bits per heavy atom. The number of para-hydroxylation sites is 1. The zero-order valence-corrected chi connectivity index (χ0v) is 11.6. The Morgan fingerprint density at radius 2 is 2.11 bits per heavy atom. The number of phenolic OH excluding ortho intramolecular Hbond substituents is 1. The van der Waals surface area contributed by atoms with Gasteiger partial charge in [0.2, 0.25) is 0 Å². The minimum Gasteiger partial charge on any atom is -0.504 e. The molecule has 0 saturated carbocycles. The summed E-state index contributed by atoms with van der Waals surface area (Å²) in [6, 6.07) is 6.41. The fourth-order valence-corrected chi connectivity index (χ4v) is 2.51. The third kappa shape index (κ3) is 1.90. The van der Waals surface area contributed by atoms with Gasteiger partial charge < -0.3 is 9.67 Å². The first-order chi connectivity index (χ1) is 9.08. The van der Waals surface area contributed by atoms with E-state index in [0.717, 1.165) is 21.1 Å². The molecule has 0 aliphatic carbocycles. The zero-order valence-electron chi connectivity index (χ0n) is 10.1. The van der Waals surface area contributed by atoms with E-state index < -0.39 is 5.82 Å². The Balaban J connectivity index is 2.37. The molecule has 0 aliphatic heterocycles. The summed E-state index contributed by atoms with van der Waals surface area (Å²) in [6.45, 7) is 0. The van der Waals surface area contributed by atoms with Crippen LogP contribution >= 0.6 is 15.9 Å². The van der Waals surface area contributed by atoms with Crippen LogP contribution in [0.4, 0.5) is 4.39 Å². The number of aromatic nitrogens is 2. The second-order valence-electron chi connectivity index (χ2n) is 4.31. The van der Waals surface area contributed by atoms with Crippen molar-refractivity contribution in [3.63, 3.8) is 0 Å². The van der Waals surface area contributed by atoms with Crippen LogP contribution in [0.5, 0.6) is 5.75 Å². The smallest absolute Gasteiger partial charge is 0.165 e. The maximum atomic E-state index is 13.5. The van der Waals surface area contributed by atoms with Crippen LogP contribution in [0.2, 0.25) is 0 Å². The highest BCUT2D eigenvalue weighted by molar-refractivity contribution is 9.10. The first-order valence-electron chi connectivity index (χ1n) is 5.66. The number of benzene rings is 1. The number of aryl methyl sites for hydroxylation is 1. The molecule has 3 rings (SSSR count). The molecule has 19 heavy (non-hydrogen) atoms. The van der Waals surface area contributed by atoms with Gasteiger partial charge in [-0.3, -0.25) is 0 Å². The fraction of sp³-hybridized carbons (Fsp3) is 0.0714. The van der Waals surface area contributed by atoms with Gasteiger partial charge in [-0.2, -0.15) is 0 Å². The standard InChI is InChI=1S/C14H10BrFN2O/c1-18-7-11(9-3-2-4-12(16)13(9)19)10-5-8(15)6-17-14(10)18/h2-7,19H,1H3. The minimum atomic E-state index is -0.627. The normalized spacial score (nSPS) is 11.1. The second-order valence-corrected chi connectivity index (χ2v) is 5.23. The Labute approximate surface area is 117 Å². The molecule has 96 valence electrons. The summed E-state index contributed by atoms with van der Waals surface area (Å²) in [7, 11) is 1.86. The molecule has 0 saturated heterocycles. The number of halogens is 2. The van der Waals surface area contributed by atoms with Crippen molar-refractivity contribution in [2.24, 2.45) is 7.05 Å². The molecule has 5 heteroatoms. The summed E-state index contributed by atoms with van der Waals surface area (Å²) in [6.07, 6.45) is 3.54. The molecule has 0 aliphatic rings. The minimum absolute atomic E-state index is 0.338. The number of hydrogen-bond acceptors (Lipinski definition) is 2. The molecule has 0 spiro atoms. The third-order valence-corrected chi connectivity index (χ3v) is 3.49. The first kappa shape index (κ1) is 12.2. The molecule has 0 unspecified atom stereocenters. The van der Waals surface area contributed by atoms with E-state index in [1.807, 2.05) is 23.9 Å². The first-order valence-corrected chi connectivity index (χ1v) is 6.45. The molecule has 2 aromatic heterocycles. The molecule has 0 bridgehead atoms. The maximum Gasteiger partial charge on any atom is 0.165 e. The van der Waals surface area contributed by atoms with Crippen molar-refractivity contribution in [1.82, 2.24) is 9.55 Å². The highest BCUT2D eigenvalue weighted by Crippen LogP contribution is 2.36. The van der Waals surface area contributed by atoms with Crippen molar-refractivity contribution in [2.45, 2.75) is 0 Å². The Morgan fingerprint density at radius 3 is 2.89 bits per heavy atom. The molecular weight excluding hydrogens is 311 g/mol. The van der Waals surface area contributed by atoms with Gasteiger partial charge in [-0.1, -0.05) is 12.1 Å². The van der Waals surface area contributed by atoms with Gasteiger partial charge in [0, 0.05) is 40.4 Å². The molecular formula is C14H10BrFN2O. The largest absolute Gasteiger partial charge is 0.504 e. The number of aromatic hydroxyl groups is 1. The number of fused-ring (bicyclic) bond motifs is 1. The van der Waals surface area contributed by atoms with Crippen LogP contribution in [0.3, 0.4) is 0 Å². The number of hydrogen-bond donors (Lipinski definition) is 1. The van der Waals surface area contributed by atoms with E-state index in [-0.39, 0.29) is 5.75 Å². The highest BCUT2D eigenvalue weighted by Gasteiger charge is 2.15. The molecule has 3 aromatic rings. The van der Waals surface area contributed by atoms with Crippen molar-refractivity contribution < 1.29 is 9.50 Å². The van der Waals surface area contributed by atoms with Crippen LogP contribution in [0.25, 0.3) is 22.2 Å². The van der Waals surface area contributed by atoms with Crippen LogP contribution in [0.15, 0.2) is 41.1 Å². The number of pyridine rings is 1. The average Bonchev–Trinajstić information content (AvgIpc) is 2.70. The fourth-order valence-electron chi connectivity index (χ4n) is 2.18. The van der Waals surface area contributed by atoms with E-state index in [0.29, 0.717) is 5.56 Å². The average molecular weight is 321 g/mol. The van der Waals surface area contributed by atoms with Gasteiger partial charge in [-0.25, -0.2) is 9.37 Å². The molecule has 0 radical (unpaired) electrons. The van der Waals surface area contributed by atoms with Gasteiger partial charge in [-0.05, 0) is 28.1 Å². The number of phenols is 1. The second kappa shape index (κ2) is 4.35. The van der Waals surface area contributed by atoms with Crippen LogP contribution in [-0.2, 0) is 7.05 Å². The Hall–Kier alpha value is -1.88. The summed E-state index contributed by atoms with van der Waals surface area (Å²) >= 11 is 3.37. The van der Waals surface area contributed by atoms with Crippen molar-refractivity contribution in [1.29, 1.82) is 0 Å². The number of rotatable bonds is 1. The molecule has 0 fully saturated rings. The molecule has 1 aromatic carbocycles. The van der Waals surface area contributed by atoms with Gasteiger partial charge in [0.25, 0.3) is 0 Å². The maximum absolute atomic E-state index is 13.5. The molecule has 3 nitrogen and oxygen atoms in total.